The van der Waals surface area contributed by atoms with Crippen molar-refractivity contribution in [1.29, 1.82) is 0 Å². The second-order valence-corrected chi connectivity index (χ2v) is 7.17. The van der Waals surface area contributed by atoms with E-state index in [-0.39, 0.29) is 11.3 Å². The molecule has 158 valence electrons. The monoisotopic (exact) mass is 424 g/mol. The first kappa shape index (κ1) is 20.5. The number of hydrogen-bond acceptors (Lipinski definition) is 2. The van der Waals surface area contributed by atoms with E-state index in [1.807, 2.05) is 41.8 Å². The fourth-order valence-corrected chi connectivity index (χ4v) is 3.60. The zero-order valence-electron chi connectivity index (χ0n) is 16.8. The van der Waals surface area contributed by atoms with Crippen molar-refractivity contribution in [1.82, 2.24) is 9.55 Å². The average Bonchev–Trinajstić information content (AvgIpc) is 3.06. The number of rotatable bonds is 3. The molecule has 0 saturated carbocycles. The summed E-state index contributed by atoms with van der Waals surface area (Å²) in [7, 11) is 0. The van der Waals surface area contributed by atoms with Crippen molar-refractivity contribution in [2.45, 2.75) is 20.0 Å². The van der Waals surface area contributed by atoms with E-state index in [9.17, 15) is 18.0 Å². The second kappa shape index (κ2) is 7.79. The lowest BCUT2D eigenvalue weighted by Crippen LogP contribution is -2.20. The molecule has 2 amide bonds. The van der Waals surface area contributed by atoms with Gasteiger partial charge in [0.2, 0.25) is 0 Å². The second-order valence-electron chi connectivity index (χ2n) is 7.17. The van der Waals surface area contributed by atoms with Crippen LogP contribution in [0.15, 0.2) is 67.0 Å². The van der Waals surface area contributed by atoms with Gasteiger partial charge in [-0.1, -0.05) is 12.1 Å². The van der Waals surface area contributed by atoms with Gasteiger partial charge in [-0.25, -0.2) is 4.79 Å². The number of hydrogen-bond donors (Lipinski definition) is 2. The molecule has 0 radical (unpaired) electrons. The zero-order valence-corrected chi connectivity index (χ0v) is 16.8. The van der Waals surface area contributed by atoms with E-state index in [0.29, 0.717) is 5.69 Å². The maximum absolute atomic E-state index is 13.1. The molecule has 0 bridgehead atoms. The Morgan fingerprint density at radius 1 is 0.968 bits per heavy atom. The smallest absolute Gasteiger partial charge is 0.314 e. The van der Waals surface area contributed by atoms with Crippen LogP contribution in [0, 0.1) is 13.8 Å². The molecule has 0 unspecified atom stereocenters. The van der Waals surface area contributed by atoms with Gasteiger partial charge < -0.3 is 15.2 Å². The Balaban J connectivity index is 1.62. The maximum atomic E-state index is 13.1. The van der Waals surface area contributed by atoms with Gasteiger partial charge in [-0.3, -0.25) is 4.98 Å². The van der Waals surface area contributed by atoms with Crippen molar-refractivity contribution in [2.75, 3.05) is 10.6 Å². The number of nitrogens with one attached hydrogen (secondary N) is 2. The molecule has 0 aliphatic carbocycles. The Morgan fingerprint density at radius 2 is 1.71 bits per heavy atom. The first-order valence-electron chi connectivity index (χ1n) is 9.51. The minimum atomic E-state index is -4.49. The van der Waals surface area contributed by atoms with Crippen molar-refractivity contribution >= 4 is 28.3 Å². The number of benzene rings is 2. The van der Waals surface area contributed by atoms with Gasteiger partial charge in [0.25, 0.3) is 0 Å². The quantitative estimate of drug-likeness (QED) is 0.405. The summed E-state index contributed by atoms with van der Waals surface area (Å²) in [4.78, 5) is 16.6. The number of alkyl halides is 3. The molecule has 0 fully saturated rings. The normalized spacial score (nSPS) is 11.5. The van der Waals surface area contributed by atoms with Crippen LogP contribution in [-0.2, 0) is 6.18 Å². The molecule has 4 aromatic rings. The molecule has 0 atom stereocenters. The fourth-order valence-electron chi connectivity index (χ4n) is 3.60. The number of urea groups is 1. The SMILES string of the molecule is Cc1ccc(NC(=O)Nc2cccc3c2cc(C)n3-c2ccncc2)cc1C(F)(F)F. The summed E-state index contributed by atoms with van der Waals surface area (Å²) in [5.74, 6) is 0. The predicted molar refractivity (Wildman–Crippen MR) is 115 cm³/mol. The molecule has 2 aromatic carbocycles. The van der Waals surface area contributed by atoms with Gasteiger partial charge in [-0.05, 0) is 61.9 Å². The first-order chi connectivity index (χ1) is 14.7. The minimum absolute atomic E-state index is 0.0631. The topological polar surface area (TPSA) is 59.0 Å². The van der Waals surface area contributed by atoms with E-state index in [0.717, 1.165) is 28.4 Å². The van der Waals surface area contributed by atoms with Gasteiger partial charge in [0.15, 0.2) is 0 Å². The largest absolute Gasteiger partial charge is 0.416 e. The number of amides is 2. The number of pyridine rings is 1. The summed E-state index contributed by atoms with van der Waals surface area (Å²) in [6.07, 6.45) is -1.09. The average molecular weight is 424 g/mol. The third-order valence-corrected chi connectivity index (χ3v) is 5.00. The summed E-state index contributed by atoms with van der Waals surface area (Å²) in [6, 6.07) is 14.3. The van der Waals surface area contributed by atoms with Crippen LogP contribution < -0.4 is 10.6 Å². The Labute approximate surface area is 176 Å². The lowest BCUT2D eigenvalue weighted by atomic mass is 10.1. The van der Waals surface area contributed by atoms with Crippen LogP contribution >= 0.6 is 0 Å². The van der Waals surface area contributed by atoms with E-state index in [4.69, 9.17) is 0 Å². The Morgan fingerprint density at radius 3 is 2.42 bits per heavy atom. The van der Waals surface area contributed by atoms with Crippen molar-refractivity contribution in [2.24, 2.45) is 0 Å². The highest BCUT2D eigenvalue weighted by Gasteiger charge is 2.32. The van der Waals surface area contributed by atoms with Crippen LogP contribution in [0.2, 0.25) is 0 Å². The summed E-state index contributed by atoms with van der Waals surface area (Å²) >= 11 is 0. The highest BCUT2D eigenvalue weighted by Crippen LogP contribution is 2.34. The molecule has 0 saturated heterocycles. The van der Waals surface area contributed by atoms with Crippen molar-refractivity contribution < 1.29 is 18.0 Å². The molecule has 5 nitrogen and oxygen atoms in total. The van der Waals surface area contributed by atoms with Crippen LogP contribution in [0.1, 0.15) is 16.8 Å². The summed E-state index contributed by atoms with van der Waals surface area (Å²) < 4.78 is 41.4. The minimum Gasteiger partial charge on any atom is -0.314 e. The number of aryl methyl sites for hydroxylation is 2. The lowest BCUT2D eigenvalue weighted by molar-refractivity contribution is -0.138. The molecule has 0 spiro atoms. The van der Waals surface area contributed by atoms with Crippen LogP contribution in [0.3, 0.4) is 0 Å². The zero-order chi connectivity index (χ0) is 22.2. The Kier molecular flexibility index (Phi) is 5.14. The third-order valence-electron chi connectivity index (χ3n) is 5.00. The van der Waals surface area contributed by atoms with Gasteiger partial charge in [0.1, 0.15) is 0 Å². The molecular formula is C23H19F3N4O. The molecule has 2 heterocycles. The van der Waals surface area contributed by atoms with Gasteiger partial charge in [0.05, 0.1) is 16.8 Å². The van der Waals surface area contributed by atoms with Gasteiger partial charge in [-0.15, -0.1) is 0 Å². The number of fused-ring (bicyclic) bond motifs is 1. The number of nitrogens with zero attached hydrogens (tertiary/aromatic N) is 2. The Hall–Kier alpha value is -3.81. The van der Waals surface area contributed by atoms with E-state index in [1.165, 1.54) is 19.1 Å². The van der Waals surface area contributed by atoms with Crippen molar-refractivity contribution in [3.63, 3.8) is 0 Å². The van der Waals surface area contributed by atoms with Crippen LogP contribution in [0.5, 0.6) is 0 Å². The van der Waals surface area contributed by atoms with Gasteiger partial charge in [-0.2, -0.15) is 13.2 Å². The summed E-state index contributed by atoms with van der Waals surface area (Å²) in [5, 5.41) is 6.04. The molecule has 31 heavy (non-hydrogen) atoms. The molecule has 0 aliphatic heterocycles. The standard InChI is InChI=1S/C23H19F3N4O/c1-14-6-7-16(13-19(14)23(24,25)26)28-22(31)29-20-4-3-5-21-18(20)12-15(2)30(21)17-8-10-27-11-9-17/h3-13H,1-2H3,(H2,28,29,31). The number of carbonyl (C=O) groups excluding carboxylic acids is 1. The van der Waals surface area contributed by atoms with E-state index >= 15 is 0 Å². The van der Waals surface area contributed by atoms with Crippen molar-refractivity contribution in [3.8, 4) is 5.69 Å². The number of halogens is 3. The summed E-state index contributed by atoms with van der Waals surface area (Å²) in [6.45, 7) is 3.33. The molecule has 8 heteroatoms. The lowest BCUT2D eigenvalue weighted by Gasteiger charge is -2.13. The first-order valence-corrected chi connectivity index (χ1v) is 9.51. The van der Waals surface area contributed by atoms with Crippen molar-refractivity contribution in [3.05, 3.63) is 83.8 Å². The molecule has 2 aromatic heterocycles. The van der Waals surface area contributed by atoms with Gasteiger partial charge >= 0.3 is 12.2 Å². The predicted octanol–water partition coefficient (Wildman–Crippen LogP) is 6.31. The number of aromatic nitrogens is 2. The maximum Gasteiger partial charge on any atom is 0.416 e. The summed E-state index contributed by atoms with van der Waals surface area (Å²) in [5.41, 5.74) is 2.71. The molecule has 2 N–H and O–H groups in total. The van der Waals surface area contributed by atoms with Gasteiger partial charge in [0, 0.05) is 34.8 Å². The van der Waals surface area contributed by atoms with E-state index < -0.39 is 17.8 Å². The molecule has 0 aliphatic rings. The highest BCUT2D eigenvalue weighted by molar-refractivity contribution is 6.06. The Bertz CT molecular complexity index is 1260. The van der Waals surface area contributed by atoms with Crippen LogP contribution in [0.4, 0.5) is 29.3 Å². The highest BCUT2D eigenvalue weighted by atomic mass is 19.4. The van der Waals surface area contributed by atoms with Crippen LogP contribution in [-0.4, -0.2) is 15.6 Å². The van der Waals surface area contributed by atoms with E-state index in [2.05, 4.69) is 15.6 Å². The fraction of sp³-hybridized carbons (Fsp3) is 0.130. The number of anilines is 2. The van der Waals surface area contributed by atoms with Crippen LogP contribution in [0.25, 0.3) is 16.6 Å². The molecular weight excluding hydrogens is 405 g/mol. The molecule has 4 rings (SSSR count). The third kappa shape index (κ3) is 4.09. The van der Waals surface area contributed by atoms with E-state index in [1.54, 1.807) is 18.5 Å². The number of carbonyl (C=O) groups is 1.